The predicted molar refractivity (Wildman–Crippen MR) is 245 cm³/mol. The molecular weight excluding hydrogens is 703 g/mol. The normalized spacial score (nSPS) is 11.4. The maximum Gasteiger partial charge on any atom is 0.145 e. The average Bonchev–Trinajstić information content (AvgIpc) is 3.70. The van der Waals surface area contributed by atoms with Gasteiger partial charge in [0.1, 0.15) is 11.2 Å². The molecule has 0 amide bonds. The Balaban J connectivity index is 1.18. The molecule has 0 atom stereocenters. The number of benzene rings is 10. The SMILES string of the molecule is c1ccc(-c2ccc(N(c3ccccc3-c3cccc(-c4ccccc4)c3)c3ccc(-c4cc5ccccc5c5ccccc45)c4oc5ccccc5c34)cc2)cc1. The monoisotopic (exact) mass is 739 g/mol. The van der Waals surface area contributed by atoms with E-state index in [1.54, 1.807) is 0 Å². The number of para-hydroxylation sites is 2. The first-order valence-corrected chi connectivity index (χ1v) is 19.8. The molecule has 10 aromatic carbocycles. The van der Waals surface area contributed by atoms with Crippen LogP contribution in [0.5, 0.6) is 0 Å². The Morgan fingerprint density at radius 2 is 0.897 bits per heavy atom. The summed E-state index contributed by atoms with van der Waals surface area (Å²) in [6.07, 6.45) is 0. The molecular formula is C56H37NO. The largest absolute Gasteiger partial charge is 0.455 e. The van der Waals surface area contributed by atoms with Crippen LogP contribution in [0.25, 0.3) is 88.0 Å². The summed E-state index contributed by atoms with van der Waals surface area (Å²) in [4.78, 5) is 2.42. The lowest BCUT2D eigenvalue weighted by Crippen LogP contribution is -2.11. The number of hydrogen-bond acceptors (Lipinski definition) is 2. The summed E-state index contributed by atoms with van der Waals surface area (Å²) in [5, 5.41) is 7.04. The summed E-state index contributed by atoms with van der Waals surface area (Å²) in [6, 6.07) is 80.6. The molecule has 0 fully saturated rings. The standard InChI is InChI=1S/C56H37NO/c1-3-16-38(17-4-1)40-30-32-44(33-31-40)57(52-28-13-11-24-46(52)42-22-15-21-41(36-42)39-18-5-2-6-19-39)53-35-34-49(56-55(53)50-27-12-14-29-54(50)58-56)51-37-43-20-7-8-23-45(43)47-25-9-10-26-48(47)51/h1-37H. The highest BCUT2D eigenvalue weighted by molar-refractivity contribution is 6.21. The quantitative estimate of drug-likeness (QED) is 0.151. The Morgan fingerprint density at radius 1 is 0.310 bits per heavy atom. The lowest BCUT2D eigenvalue weighted by atomic mass is 9.91. The summed E-state index contributed by atoms with van der Waals surface area (Å²) in [7, 11) is 0. The van der Waals surface area contributed by atoms with Gasteiger partial charge in [0.05, 0.1) is 16.8 Å². The fourth-order valence-corrected chi connectivity index (χ4v) is 8.74. The molecule has 11 aromatic rings. The van der Waals surface area contributed by atoms with Gasteiger partial charge in [0, 0.05) is 22.2 Å². The van der Waals surface area contributed by atoms with Crippen molar-refractivity contribution in [2.24, 2.45) is 0 Å². The molecule has 0 unspecified atom stereocenters. The van der Waals surface area contributed by atoms with Crippen molar-refractivity contribution in [3.05, 3.63) is 224 Å². The lowest BCUT2D eigenvalue weighted by Gasteiger charge is -2.29. The first kappa shape index (κ1) is 33.6. The van der Waals surface area contributed by atoms with Crippen LogP contribution >= 0.6 is 0 Å². The molecule has 2 nitrogen and oxygen atoms in total. The Morgan fingerprint density at radius 3 is 1.69 bits per heavy atom. The zero-order chi connectivity index (χ0) is 38.4. The summed E-state index contributed by atoms with van der Waals surface area (Å²) >= 11 is 0. The molecule has 1 aromatic heterocycles. The van der Waals surface area contributed by atoms with E-state index in [4.69, 9.17) is 4.42 Å². The Bertz CT molecular complexity index is 3270. The number of anilines is 3. The van der Waals surface area contributed by atoms with Crippen molar-refractivity contribution < 1.29 is 4.42 Å². The third-order valence-corrected chi connectivity index (χ3v) is 11.5. The van der Waals surface area contributed by atoms with Crippen molar-refractivity contribution in [3.63, 3.8) is 0 Å². The molecule has 11 rings (SSSR count). The van der Waals surface area contributed by atoms with Gasteiger partial charge in [-0.05, 0) is 103 Å². The number of furan rings is 1. The molecule has 0 aliphatic carbocycles. The minimum atomic E-state index is 0.861. The molecule has 0 saturated heterocycles. The van der Waals surface area contributed by atoms with Crippen LogP contribution in [0.3, 0.4) is 0 Å². The van der Waals surface area contributed by atoms with Gasteiger partial charge >= 0.3 is 0 Å². The van der Waals surface area contributed by atoms with E-state index in [0.717, 1.165) is 61.3 Å². The second-order valence-corrected chi connectivity index (χ2v) is 14.8. The molecule has 2 heteroatoms. The van der Waals surface area contributed by atoms with Crippen molar-refractivity contribution in [1.82, 2.24) is 0 Å². The average molecular weight is 740 g/mol. The molecule has 58 heavy (non-hydrogen) atoms. The summed E-state index contributed by atoms with van der Waals surface area (Å²) in [5.41, 5.74) is 14.2. The van der Waals surface area contributed by atoms with Crippen LogP contribution in [0.4, 0.5) is 17.1 Å². The van der Waals surface area contributed by atoms with E-state index < -0.39 is 0 Å². The predicted octanol–water partition coefficient (Wildman–Crippen LogP) is 16.0. The molecule has 0 bridgehead atoms. The highest BCUT2D eigenvalue weighted by Crippen LogP contribution is 2.49. The smallest absolute Gasteiger partial charge is 0.145 e. The van der Waals surface area contributed by atoms with Crippen LogP contribution in [0.2, 0.25) is 0 Å². The van der Waals surface area contributed by atoms with E-state index in [1.165, 1.54) is 43.8 Å². The summed E-state index contributed by atoms with van der Waals surface area (Å²) < 4.78 is 6.99. The van der Waals surface area contributed by atoms with Crippen molar-refractivity contribution in [3.8, 4) is 44.5 Å². The number of rotatable bonds is 7. The van der Waals surface area contributed by atoms with Gasteiger partial charge in [-0.3, -0.25) is 0 Å². The van der Waals surface area contributed by atoms with E-state index in [9.17, 15) is 0 Å². The third-order valence-electron chi connectivity index (χ3n) is 11.5. The first-order valence-electron chi connectivity index (χ1n) is 19.8. The van der Waals surface area contributed by atoms with Gasteiger partial charge in [0.2, 0.25) is 0 Å². The molecule has 0 aliphatic heterocycles. The van der Waals surface area contributed by atoms with Crippen LogP contribution in [-0.4, -0.2) is 0 Å². The zero-order valence-corrected chi connectivity index (χ0v) is 31.7. The fourth-order valence-electron chi connectivity index (χ4n) is 8.74. The topological polar surface area (TPSA) is 16.4 Å². The van der Waals surface area contributed by atoms with Crippen molar-refractivity contribution in [1.29, 1.82) is 0 Å². The molecule has 1 heterocycles. The maximum absolute atomic E-state index is 6.99. The molecule has 0 N–H and O–H groups in total. The van der Waals surface area contributed by atoms with Gasteiger partial charge < -0.3 is 9.32 Å². The van der Waals surface area contributed by atoms with E-state index >= 15 is 0 Å². The van der Waals surface area contributed by atoms with E-state index in [-0.39, 0.29) is 0 Å². The van der Waals surface area contributed by atoms with Gasteiger partial charge in [-0.1, -0.05) is 176 Å². The zero-order valence-electron chi connectivity index (χ0n) is 31.7. The van der Waals surface area contributed by atoms with Crippen molar-refractivity contribution in [2.75, 3.05) is 4.90 Å². The van der Waals surface area contributed by atoms with Crippen LogP contribution in [0.15, 0.2) is 229 Å². The van der Waals surface area contributed by atoms with E-state index in [0.29, 0.717) is 0 Å². The van der Waals surface area contributed by atoms with Crippen LogP contribution in [0, 0.1) is 0 Å². The fraction of sp³-hybridized carbons (Fsp3) is 0. The number of hydrogen-bond donors (Lipinski definition) is 0. The van der Waals surface area contributed by atoms with E-state index in [1.807, 2.05) is 0 Å². The van der Waals surface area contributed by atoms with Gasteiger partial charge in [-0.25, -0.2) is 0 Å². The van der Waals surface area contributed by atoms with Gasteiger partial charge in [0.25, 0.3) is 0 Å². The second kappa shape index (κ2) is 14.1. The highest BCUT2D eigenvalue weighted by Gasteiger charge is 2.25. The minimum Gasteiger partial charge on any atom is -0.455 e. The van der Waals surface area contributed by atoms with Crippen molar-refractivity contribution in [2.45, 2.75) is 0 Å². The first-order chi connectivity index (χ1) is 28.8. The number of nitrogens with zero attached hydrogens (tertiary/aromatic N) is 1. The molecule has 0 spiro atoms. The second-order valence-electron chi connectivity index (χ2n) is 14.8. The molecule has 0 aliphatic rings. The molecule has 272 valence electrons. The van der Waals surface area contributed by atoms with Gasteiger partial charge in [-0.15, -0.1) is 0 Å². The summed E-state index contributed by atoms with van der Waals surface area (Å²) in [5.74, 6) is 0. The molecule has 0 saturated carbocycles. The Hall–Kier alpha value is -7.68. The summed E-state index contributed by atoms with van der Waals surface area (Å²) in [6.45, 7) is 0. The van der Waals surface area contributed by atoms with Crippen LogP contribution in [0.1, 0.15) is 0 Å². The van der Waals surface area contributed by atoms with Gasteiger partial charge in [-0.2, -0.15) is 0 Å². The third kappa shape index (κ3) is 5.74. The van der Waals surface area contributed by atoms with Crippen molar-refractivity contribution >= 4 is 60.5 Å². The van der Waals surface area contributed by atoms with E-state index in [2.05, 4.69) is 229 Å². The Kier molecular flexibility index (Phi) is 8.19. The number of fused-ring (bicyclic) bond motifs is 6. The maximum atomic E-state index is 6.99. The van der Waals surface area contributed by atoms with Crippen LogP contribution < -0.4 is 4.90 Å². The highest BCUT2D eigenvalue weighted by atomic mass is 16.3. The minimum absolute atomic E-state index is 0.861. The lowest BCUT2D eigenvalue weighted by molar-refractivity contribution is 0.670. The Labute approximate surface area is 337 Å². The van der Waals surface area contributed by atoms with Crippen LogP contribution in [-0.2, 0) is 0 Å². The molecule has 0 radical (unpaired) electrons. The van der Waals surface area contributed by atoms with Gasteiger partial charge in [0.15, 0.2) is 0 Å².